The lowest BCUT2D eigenvalue weighted by atomic mass is 10.6. The molecule has 70 valence electrons. The van der Waals surface area contributed by atoms with Gasteiger partial charge in [0.15, 0.2) is 10.8 Å². The van der Waals surface area contributed by atoms with Gasteiger partial charge in [0.05, 0.1) is 0 Å². The molecule has 7 heteroatoms. The molecule has 0 aliphatic rings. The van der Waals surface area contributed by atoms with E-state index in [0.717, 1.165) is 10.8 Å². The van der Waals surface area contributed by atoms with Crippen LogP contribution in [0.2, 0.25) is 0 Å². The molecule has 2 rings (SSSR count). The summed E-state index contributed by atoms with van der Waals surface area (Å²) < 4.78 is 1.71. The van der Waals surface area contributed by atoms with E-state index in [4.69, 9.17) is 5.73 Å². The van der Waals surface area contributed by atoms with Crippen LogP contribution in [0, 0.1) is 0 Å². The van der Waals surface area contributed by atoms with Crippen molar-refractivity contribution in [2.45, 2.75) is 5.16 Å². The van der Waals surface area contributed by atoms with Crippen molar-refractivity contribution < 1.29 is 0 Å². The van der Waals surface area contributed by atoms with Gasteiger partial charge in [-0.05, 0) is 6.26 Å². The van der Waals surface area contributed by atoms with Crippen LogP contribution in [-0.4, -0.2) is 25.8 Å². The molecule has 0 fully saturated rings. The third kappa shape index (κ3) is 1.61. The predicted molar refractivity (Wildman–Crippen MR) is 57.3 cm³/mol. The average Bonchev–Trinajstić information content (AvgIpc) is 2.48. The Morgan fingerprint density at radius 1 is 1.46 bits per heavy atom. The maximum atomic E-state index is 5.59. The van der Waals surface area contributed by atoms with E-state index < -0.39 is 0 Å². The van der Waals surface area contributed by atoms with Gasteiger partial charge in [-0.3, -0.25) is 0 Å². The Hall–Kier alpha value is -0.820. The highest BCUT2D eigenvalue weighted by atomic mass is 79.9. The first kappa shape index (κ1) is 10.3. The van der Waals surface area contributed by atoms with E-state index in [9.17, 15) is 0 Å². The van der Waals surface area contributed by atoms with Crippen molar-refractivity contribution in [2.24, 2.45) is 0 Å². The van der Waals surface area contributed by atoms with Crippen LogP contribution in [0.1, 0.15) is 0 Å². The molecule has 0 aromatic carbocycles. The van der Waals surface area contributed by atoms with Gasteiger partial charge in [0.2, 0.25) is 5.95 Å². The van der Waals surface area contributed by atoms with E-state index in [0.29, 0.717) is 5.95 Å². The highest BCUT2D eigenvalue weighted by Gasteiger charge is 2.05. The maximum Gasteiger partial charge on any atom is 0.228 e. The monoisotopic (exact) mass is 261 g/mol. The van der Waals surface area contributed by atoms with Crippen molar-refractivity contribution in [1.82, 2.24) is 19.6 Å². The molecule has 0 spiro atoms. The fraction of sp³-hybridized carbons (Fsp3) is 0.167. The molecule has 2 aromatic heterocycles. The molecule has 5 nitrogen and oxygen atoms in total. The number of halogens is 1. The molecule has 0 bridgehead atoms. The number of fused-ring (bicyclic) bond motifs is 1. The summed E-state index contributed by atoms with van der Waals surface area (Å²) in [7, 11) is 0. The Morgan fingerprint density at radius 3 is 2.92 bits per heavy atom. The molecule has 0 radical (unpaired) electrons. The van der Waals surface area contributed by atoms with Crippen LogP contribution in [-0.2, 0) is 0 Å². The van der Waals surface area contributed by atoms with Crippen LogP contribution in [0.4, 0.5) is 5.95 Å². The van der Waals surface area contributed by atoms with Gasteiger partial charge in [-0.15, -0.1) is 27.2 Å². The highest BCUT2D eigenvalue weighted by Crippen LogP contribution is 2.15. The number of anilines is 1. The number of nitrogen functional groups attached to an aromatic ring is 1. The van der Waals surface area contributed by atoms with E-state index in [-0.39, 0.29) is 17.0 Å². The normalized spacial score (nSPS) is 9.92. The van der Waals surface area contributed by atoms with Gasteiger partial charge in [0.25, 0.3) is 0 Å². The second kappa shape index (κ2) is 3.93. The zero-order chi connectivity index (χ0) is 8.55. The summed E-state index contributed by atoms with van der Waals surface area (Å²) in [5.74, 6) is 0.377. The van der Waals surface area contributed by atoms with E-state index >= 15 is 0 Å². The van der Waals surface area contributed by atoms with Crippen molar-refractivity contribution >= 4 is 40.3 Å². The first-order chi connectivity index (χ1) is 5.83. The molecule has 0 atom stereocenters. The lowest BCUT2D eigenvalue weighted by Gasteiger charge is -1.98. The van der Waals surface area contributed by atoms with Gasteiger partial charge in [-0.2, -0.15) is 0 Å². The standard InChI is InChI=1S/C6H7N5S.BrH/c1-12-6-8-3-2-4-9-10-5(7)11(4)6;/h2-3H,1H3,(H2,7,10);1H. The molecule has 0 saturated heterocycles. The van der Waals surface area contributed by atoms with Gasteiger partial charge in [-0.25, -0.2) is 9.38 Å². The third-order valence-electron chi connectivity index (χ3n) is 1.50. The Kier molecular flexibility index (Phi) is 3.10. The summed E-state index contributed by atoms with van der Waals surface area (Å²) in [5, 5.41) is 8.40. The fourth-order valence-corrected chi connectivity index (χ4v) is 1.52. The minimum absolute atomic E-state index is 0. The largest absolute Gasteiger partial charge is 0.368 e. The quantitative estimate of drug-likeness (QED) is 0.613. The average molecular weight is 262 g/mol. The summed E-state index contributed by atoms with van der Waals surface area (Å²) in [6.07, 6.45) is 3.62. The molecule has 13 heavy (non-hydrogen) atoms. The van der Waals surface area contributed by atoms with Crippen LogP contribution < -0.4 is 5.73 Å². The second-order valence-corrected chi connectivity index (χ2v) is 2.96. The summed E-state index contributed by atoms with van der Waals surface area (Å²) in [4.78, 5) is 4.12. The summed E-state index contributed by atoms with van der Waals surface area (Å²) in [6, 6.07) is 1.77. The Morgan fingerprint density at radius 2 is 2.23 bits per heavy atom. The van der Waals surface area contributed by atoms with Crippen LogP contribution in [0.15, 0.2) is 17.4 Å². The second-order valence-electron chi connectivity index (χ2n) is 2.18. The molecule has 0 aliphatic heterocycles. The zero-order valence-corrected chi connectivity index (χ0v) is 9.37. The maximum absolute atomic E-state index is 5.59. The molecule has 0 unspecified atom stereocenters. The topological polar surface area (TPSA) is 69.1 Å². The van der Waals surface area contributed by atoms with Crippen LogP contribution in [0.25, 0.3) is 5.65 Å². The van der Waals surface area contributed by atoms with Gasteiger partial charge < -0.3 is 5.73 Å². The molecular weight excluding hydrogens is 254 g/mol. The minimum Gasteiger partial charge on any atom is -0.368 e. The van der Waals surface area contributed by atoms with Crippen molar-refractivity contribution in [3.8, 4) is 0 Å². The molecular formula is C6H8BrN5S. The van der Waals surface area contributed by atoms with Crippen LogP contribution in [0.5, 0.6) is 0 Å². The number of nitrogens with zero attached hydrogens (tertiary/aromatic N) is 4. The lowest BCUT2D eigenvalue weighted by Crippen LogP contribution is -1.98. The summed E-state index contributed by atoms with van der Waals surface area (Å²) in [6.45, 7) is 0. The number of aromatic nitrogens is 4. The Balaban J connectivity index is 0.000000845. The van der Waals surface area contributed by atoms with Crippen LogP contribution in [0.3, 0.4) is 0 Å². The molecule has 2 aromatic rings. The number of rotatable bonds is 1. The van der Waals surface area contributed by atoms with Gasteiger partial charge in [0, 0.05) is 12.3 Å². The van der Waals surface area contributed by atoms with Crippen molar-refractivity contribution in [2.75, 3.05) is 12.0 Å². The Labute approximate surface area is 89.5 Å². The highest BCUT2D eigenvalue weighted by molar-refractivity contribution is 8.93. The first-order valence-electron chi connectivity index (χ1n) is 3.32. The number of nitrogens with two attached hydrogens (primary N) is 1. The summed E-state index contributed by atoms with van der Waals surface area (Å²) >= 11 is 1.51. The predicted octanol–water partition coefficient (Wildman–Crippen LogP) is 1.01. The van der Waals surface area contributed by atoms with Crippen molar-refractivity contribution in [1.29, 1.82) is 0 Å². The van der Waals surface area contributed by atoms with Crippen molar-refractivity contribution in [3.63, 3.8) is 0 Å². The van der Waals surface area contributed by atoms with E-state index in [1.165, 1.54) is 11.8 Å². The molecule has 0 saturated carbocycles. The van der Waals surface area contributed by atoms with E-state index in [2.05, 4.69) is 15.2 Å². The minimum atomic E-state index is 0. The molecule has 2 N–H and O–H groups in total. The third-order valence-corrected chi connectivity index (χ3v) is 2.15. The SMILES string of the molecule is Br.CSc1nccc2nnc(N)n12. The number of hydrogen-bond donors (Lipinski definition) is 1. The number of hydrogen-bond acceptors (Lipinski definition) is 5. The molecule has 2 heterocycles. The molecule has 0 amide bonds. The zero-order valence-electron chi connectivity index (χ0n) is 6.84. The van der Waals surface area contributed by atoms with E-state index in [1.807, 2.05) is 6.26 Å². The van der Waals surface area contributed by atoms with Gasteiger partial charge in [-0.1, -0.05) is 11.8 Å². The van der Waals surface area contributed by atoms with E-state index in [1.54, 1.807) is 16.7 Å². The van der Waals surface area contributed by atoms with Gasteiger partial charge >= 0.3 is 0 Å². The number of thioether (sulfide) groups is 1. The molecule has 0 aliphatic carbocycles. The van der Waals surface area contributed by atoms with Crippen molar-refractivity contribution in [3.05, 3.63) is 12.3 Å². The smallest absolute Gasteiger partial charge is 0.228 e. The van der Waals surface area contributed by atoms with Crippen LogP contribution >= 0.6 is 28.7 Å². The summed E-state index contributed by atoms with van der Waals surface area (Å²) in [5.41, 5.74) is 6.32. The van der Waals surface area contributed by atoms with Gasteiger partial charge in [0.1, 0.15) is 0 Å². The first-order valence-corrected chi connectivity index (χ1v) is 4.55. The lowest BCUT2D eigenvalue weighted by molar-refractivity contribution is 0.910. The Bertz CT molecular complexity index is 414. The fourth-order valence-electron chi connectivity index (χ4n) is 0.983.